The van der Waals surface area contributed by atoms with Crippen molar-refractivity contribution in [2.75, 3.05) is 0 Å². The lowest BCUT2D eigenvalue weighted by Crippen LogP contribution is -2.04. The van der Waals surface area contributed by atoms with Gasteiger partial charge in [-0.1, -0.05) is 57.2 Å². The molecule has 0 fully saturated rings. The van der Waals surface area contributed by atoms with Gasteiger partial charge >= 0.3 is 0 Å². The van der Waals surface area contributed by atoms with Gasteiger partial charge in [-0.2, -0.15) is 0 Å². The summed E-state index contributed by atoms with van der Waals surface area (Å²) in [6, 6.07) is 0. The standard InChI is InChI=1S/C14H24OS/c1-4-6-7-8-9-10-12-14(11-5-2)16-13(3)15/h2,14H,4,6-12H2,1,3H3. The number of rotatable bonds is 9. The van der Waals surface area contributed by atoms with Crippen LogP contribution in [0.25, 0.3) is 0 Å². The molecule has 0 amide bonds. The molecule has 1 unspecified atom stereocenters. The van der Waals surface area contributed by atoms with Crippen LogP contribution in [0.1, 0.15) is 65.2 Å². The van der Waals surface area contributed by atoms with E-state index < -0.39 is 0 Å². The first-order chi connectivity index (χ1) is 7.70. The maximum atomic E-state index is 11.0. The van der Waals surface area contributed by atoms with E-state index >= 15 is 0 Å². The lowest BCUT2D eigenvalue weighted by molar-refractivity contribution is -0.109. The summed E-state index contributed by atoms with van der Waals surface area (Å²) in [6.07, 6.45) is 14.9. The van der Waals surface area contributed by atoms with Crippen LogP contribution in [-0.2, 0) is 4.79 Å². The summed E-state index contributed by atoms with van der Waals surface area (Å²) in [7, 11) is 0. The molecule has 0 aliphatic carbocycles. The van der Waals surface area contributed by atoms with Gasteiger partial charge in [0, 0.05) is 18.6 Å². The Balaban J connectivity index is 3.52. The van der Waals surface area contributed by atoms with E-state index in [2.05, 4.69) is 12.8 Å². The van der Waals surface area contributed by atoms with E-state index in [1.54, 1.807) is 6.92 Å². The Bertz CT molecular complexity index is 217. The summed E-state index contributed by atoms with van der Waals surface area (Å²) in [4.78, 5) is 11.0. The van der Waals surface area contributed by atoms with E-state index in [1.807, 2.05) is 0 Å². The zero-order chi connectivity index (χ0) is 12.2. The van der Waals surface area contributed by atoms with E-state index in [-0.39, 0.29) is 5.12 Å². The minimum atomic E-state index is 0.186. The number of thioether (sulfide) groups is 1. The molecule has 0 bridgehead atoms. The van der Waals surface area contributed by atoms with Crippen LogP contribution in [0.4, 0.5) is 0 Å². The van der Waals surface area contributed by atoms with E-state index in [4.69, 9.17) is 6.42 Å². The molecule has 0 aromatic heterocycles. The number of carbonyl (C=O) groups excluding carboxylic acids is 1. The summed E-state index contributed by atoms with van der Waals surface area (Å²) in [5.41, 5.74) is 0. The minimum Gasteiger partial charge on any atom is -0.288 e. The first-order valence-corrected chi connectivity index (χ1v) is 7.19. The van der Waals surface area contributed by atoms with Crippen molar-refractivity contribution in [3.63, 3.8) is 0 Å². The Hall–Kier alpha value is -0.420. The van der Waals surface area contributed by atoms with Gasteiger partial charge < -0.3 is 0 Å². The van der Waals surface area contributed by atoms with E-state index in [0.29, 0.717) is 5.25 Å². The fraction of sp³-hybridized carbons (Fsp3) is 0.786. The third-order valence-electron chi connectivity index (χ3n) is 2.56. The molecule has 0 saturated heterocycles. The largest absolute Gasteiger partial charge is 0.288 e. The van der Waals surface area contributed by atoms with E-state index in [0.717, 1.165) is 12.8 Å². The van der Waals surface area contributed by atoms with Crippen molar-refractivity contribution < 1.29 is 4.79 Å². The highest BCUT2D eigenvalue weighted by Crippen LogP contribution is 2.21. The molecule has 0 spiro atoms. The number of terminal acetylenes is 1. The Kier molecular flexibility index (Phi) is 10.8. The molecule has 2 heteroatoms. The van der Waals surface area contributed by atoms with Crippen molar-refractivity contribution in [1.82, 2.24) is 0 Å². The molecule has 0 N–H and O–H groups in total. The number of unbranched alkanes of at least 4 members (excludes halogenated alkanes) is 5. The van der Waals surface area contributed by atoms with Gasteiger partial charge in [-0.15, -0.1) is 12.3 Å². The summed E-state index contributed by atoms with van der Waals surface area (Å²) in [5, 5.41) is 0.528. The monoisotopic (exact) mass is 240 g/mol. The normalized spacial score (nSPS) is 12.1. The Morgan fingerprint density at radius 1 is 1.25 bits per heavy atom. The summed E-state index contributed by atoms with van der Waals surface area (Å²) >= 11 is 1.41. The Morgan fingerprint density at radius 2 is 1.88 bits per heavy atom. The molecule has 0 aliphatic heterocycles. The van der Waals surface area contributed by atoms with Gasteiger partial charge in [0.05, 0.1) is 0 Å². The lowest BCUT2D eigenvalue weighted by Gasteiger charge is -2.11. The molecule has 0 heterocycles. The molecule has 1 atom stereocenters. The summed E-state index contributed by atoms with van der Waals surface area (Å²) in [6.45, 7) is 3.85. The molecular formula is C14H24OS. The molecule has 92 valence electrons. The van der Waals surface area contributed by atoms with Gasteiger partial charge in [0.25, 0.3) is 0 Å². The topological polar surface area (TPSA) is 17.1 Å². The molecule has 0 aromatic carbocycles. The summed E-state index contributed by atoms with van der Waals surface area (Å²) < 4.78 is 0. The van der Waals surface area contributed by atoms with Crippen molar-refractivity contribution in [2.24, 2.45) is 0 Å². The third-order valence-corrected chi connectivity index (χ3v) is 3.63. The summed E-state index contributed by atoms with van der Waals surface area (Å²) in [5.74, 6) is 2.66. The minimum absolute atomic E-state index is 0.186. The van der Waals surface area contributed by atoms with Gasteiger partial charge in [0.15, 0.2) is 5.12 Å². The smallest absolute Gasteiger partial charge is 0.186 e. The quantitative estimate of drug-likeness (QED) is 0.438. The number of hydrogen-bond donors (Lipinski definition) is 0. The van der Waals surface area contributed by atoms with Crippen LogP contribution in [0.2, 0.25) is 0 Å². The second-order valence-corrected chi connectivity index (χ2v) is 5.67. The van der Waals surface area contributed by atoms with E-state index in [1.165, 1.54) is 50.3 Å². The number of hydrogen-bond acceptors (Lipinski definition) is 2. The van der Waals surface area contributed by atoms with Crippen LogP contribution in [-0.4, -0.2) is 10.4 Å². The van der Waals surface area contributed by atoms with Crippen LogP contribution in [0.15, 0.2) is 0 Å². The van der Waals surface area contributed by atoms with Gasteiger partial charge in [0.2, 0.25) is 0 Å². The Morgan fingerprint density at radius 3 is 2.44 bits per heavy atom. The lowest BCUT2D eigenvalue weighted by atomic mass is 10.1. The molecular weight excluding hydrogens is 216 g/mol. The van der Waals surface area contributed by atoms with Gasteiger partial charge in [0.1, 0.15) is 0 Å². The van der Waals surface area contributed by atoms with Crippen molar-refractivity contribution in [3.8, 4) is 12.3 Å². The predicted molar refractivity (Wildman–Crippen MR) is 73.5 cm³/mol. The van der Waals surface area contributed by atoms with Crippen LogP contribution in [0.3, 0.4) is 0 Å². The van der Waals surface area contributed by atoms with Gasteiger partial charge in [-0.3, -0.25) is 4.79 Å². The maximum absolute atomic E-state index is 11.0. The van der Waals surface area contributed by atoms with E-state index in [9.17, 15) is 4.79 Å². The molecule has 0 saturated carbocycles. The van der Waals surface area contributed by atoms with Crippen LogP contribution in [0.5, 0.6) is 0 Å². The maximum Gasteiger partial charge on any atom is 0.186 e. The molecule has 1 nitrogen and oxygen atoms in total. The second kappa shape index (κ2) is 11.1. The average molecular weight is 240 g/mol. The highest BCUT2D eigenvalue weighted by molar-refractivity contribution is 8.14. The van der Waals surface area contributed by atoms with Gasteiger partial charge in [-0.25, -0.2) is 0 Å². The zero-order valence-electron chi connectivity index (χ0n) is 10.6. The first kappa shape index (κ1) is 15.6. The third kappa shape index (κ3) is 10.1. The average Bonchev–Trinajstić information content (AvgIpc) is 2.22. The molecule has 0 aromatic rings. The molecule has 0 rings (SSSR count). The molecule has 0 aliphatic rings. The Labute approximate surface area is 105 Å². The number of carbonyl (C=O) groups is 1. The predicted octanol–water partition coefficient (Wildman–Crippen LogP) is 4.41. The SMILES string of the molecule is C#CCC(CCCCCCCC)SC(C)=O. The van der Waals surface area contributed by atoms with Crippen molar-refractivity contribution in [3.05, 3.63) is 0 Å². The fourth-order valence-corrected chi connectivity index (χ4v) is 2.65. The second-order valence-electron chi connectivity index (χ2n) is 4.20. The molecule has 16 heavy (non-hydrogen) atoms. The van der Waals surface area contributed by atoms with Gasteiger partial charge in [-0.05, 0) is 6.42 Å². The van der Waals surface area contributed by atoms with Crippen LogP contribution in [0, 0.1) is 12.3 Å². The molecule has 0 radical (unpaired) electrons. The zero-order valence-corrected chi connectivity index (χ0v) is 11.4. The van der Waals surface area contributed by atoms with Crippen molar-refractivity contribution in [1.29, 1.82) is 0 Å². The first-order valence-electron chi connectivity index (χ1n) is 6.31. The van der Waals surface area contributed by atoms with Crippen LogP contribution >= 0.6 is 11.8 Å². The van der Waals surface area contributed by atoms with Crippen molar-refractivity contribution in [2.45, 2.75) is 70.5 Å². The fourth-order valence-electron chi connectivity index (χ4n) is 1.72. The highest BCUT2D eigenvalue weighted by Gasteiger charge is 2.10. The highest BCUT2D eigenvalue weighted by atomic mass is 32.2. The van der Waals surface area contributed by atoms with Crippen LogP contribution < -0.4 is 0 Å². The van der Waals surface area contributed by atoms with Crippen molar-refractivity contribution >= 4 is 16.9 Å².